The summed E-state index contributed by atoms with van der Waals surface area (Å²) in [5.41, 5.74) is 7.42. The fourth-order valence-corrected chi connectivity index (χ4v) is 2.75. The Morgan fingerprint density at radius 3 is 2.86 bits per heavy atom. The summed E-state index contributed by atoms with van der Waals surface area (Å²) in [6.07, 6.45) is 2.32. The van der Waals surface area contributed by atoms with E-state index in [0.29, 0.717) is 23.7 Å². The van der Waals surface area contributed by atoms with Crippen LogP contribution in [0.15, 0.2) is 12.3 Å². The maximum Gasteiger partial charge on any atom is 0.340 e. The van der Waals surface area contributed by atoms with Gasteiger partial charge >= 0.3 is 5.97 Å². The number of nitrogens with two attached hydrogens (primary N) is 1. The van der Waals surface area contributed by atoms with Crippen molar-refractivity contribution in [2.24, 2.45) is 0 Å². The molecule has 0 bridgehead atoms. The quantitative estimate of drug-likeness (QED) is 0.825. The molecule has 0 saturated carbocycles. The van der Waals surface area contributed by atoms with Crippen molar-refractivity contribution < 1.29 is 9.53 Å². The molecule has 0 radical (unpaired) electrons. The Morgan fingerprint density at radius 2 is 2.24 bits per heavy atom. The number of rotatable bonds is 5. The van der Waals surface area contributed by atoms with Crippen molar-refractivity contribution in [3.8, 4) is 0 Å². The van der Waals surface area contributed by atoms with Crippen molar-refractivity contribution in [2.45, 2.75) is 27.2 Å². The maximum atomic E-state index is 11.8. The van der Waals surface area contributed by atoms with Gasteiger partial charge in [0, 0.05) is 4.88 Å². The number of aryl methyl sites for hydroxylation is 2. The molecule has 0 aliphatic carbocycles. The number of carbonyl (C=O) groups is 1. The summed E-state index contributed by atoms with van der Waals surface area (Å²) in [5, 5.41) is 3.84. The van der Waals surface area contributed by atoms with Crippen molar-refractivity contribution in [3.63, 3.8) is 0 Å². The van der Waals surface area contributed by atoms with Crippen molar-refractivity contribution in [1.82, 2.24) is 9.97 Å². The Labute approximate surface area is 127 Å². The van der Waals surface area contributed by atoms with Gasteiger partial charge in [-0.15, -0.1) is 11.3 Å². The predicted octanol–water partition coefficient (Wildman–Crippen LogP) is 2.91. The third-order valence-electron chi connectivity index (χ3n) is 2.89. The van der Waals surface area contributed by atoms with Crippen LogP contribution in [0.5, 0.6) is 0 Å². The van der Waals surface area contributed by atoms with Crippen LogP contribution in [0.3, 0.4) is 0 Å². The number of anilines is 3. The molecule has 0 amide bonds. The van der Waals surface area contributed by atoms with Crippen molar-refractivity contribution >= 4 is 33.9 Å². The molecule has 0 spiro atoms. The van der Waals surface area contributed by atoms with E-state index in [1.165, 1.54) is 11.1 Å². The molecule has 0 aromatic carbocycles. The van der Waals surface area contributed by atoms with Gasteiger partial charge in [-0.1, -0.05) is 6.92 Å². The van der Waals surface area contributed by atoms with Gasteiger partial charge in [-0.05, 0) is 26.3 Å². The first-order chi connectivity index (χ1) is 10.0. The predicted molar refractivity (Wildman–Crippen MR) is 84.1 cm³/mol. The van der Waals surface area contributed by atoms with E-state index >= 15 is 0 Å². The van der Waals surface area contributed by atoms with Crippen LogP contribution >= 0.6 is 11.3 Å². The Kier molecular flexibility index (Phi) is 4.74. The minimum Gasteiger partial charge on any atom is -0.462 e. The summed E-state index contributed by atoms with van der Waals surface area (Å²) in [7, 11) is 0. The Morgan fingerprint density at radius 1 is 1.48 bits per heavy atom. The first-order valence-electron chi connectivity index (χ1n) is 6.71. The molecule has 0 saturated heterocycles. The number of hydrogen-bond acceptors (Lipinski definition) is 7. The molecule has 6 nitrogen and oxygen atoms in total. The number of ether oxygens (including phenoxy) is 1. The van der Waals surface area contributed by atoms with Crippen LogP contribution in [-0.4, -0.2) is 22.5 Å². The summed E-state index contributed by atoms with van der Waals surface area (Å²) < 4.78 is 4.97. The zero-order valence-electron chi connectivity index (χ0n) is 12.3. The Balaban J connectivity index is 2.24. The number of esters is 1. The fourth-order valence-electron chi connectivity index (χ4n) is 1.84. The van der Waals surface area contributed by atoms with Crippen molar-refractivity contribution in [1.29, 1.82) is 0 Å². The Hall–Kier alpha value is -2.15. The lowest BCUT2D eigenvalue weighted by molar-refractivity contribution is 0.0527. The second-order valence-electron chi connectivity index (χ2n) is 4.38. The highest BCUT2D eigenvalue weighted by molar-refractivity contribution is 7.15. The van der Waals surface area contributed by atoms with E-state index in [1.807, 2.05) is 6.92 Å². The van der Waals surface area contributed by atoms with Gasteiger partial charge in [0.05, 0.1) is 29.7 Å². The highest BCUT2D eigenvalue weighted by Crippen LogP contribution is 2.26. The van der Waals surface area contributed by atoms with Gasteiger partial charge in [-0.25, -0.2) is 14.8 Å². The zero-order valence-corrected chi connectivity index (χ0v) is 13.1. The van der Waals surface area contributed by atoms with E-state index in [9.17, 15) is 4.79 Å². The van der Waals surface area contributed by atoms with Gasteiger partial charge in [0.2, 0.25) is 0 Å². The molecule has 0 aliphatic rings. The summed E-state index contributed by atoms with van der Waals surface area (Å²) in [6, 6.07) is 1.58. The minimum atomic E-state index is -0.454. The molecule has 2 heterocycles. The Bertz CT molecular complexity index is 654. The fraction of sp³-hybridized carbons (Fsp3) is 0.357. The molecule has 112 valence electrons. The number of nitrogens with one attached hydrogen (secondary N) is 1. The van der Waals surface area contributed by atoms with Crippen LogP contribution in [0.4, 0.5) is 16.6 Å². The maximum absolute atomic E-state index is 11.8. The minimum absolute atomic E-state index is 0.295. The van der Waals surface area contributed by atoms with Crippen LogP contribution in [0.2, 0.25) is 0 Å². The molecular weight excluding hydrogens is 288 g/mol. The molecule has 0 atom stereocenters. The molecule has 2 aromatic heterocycles. The zero-order chi connectivity index (χ0) is 15.4. The lowest BCUT2D eigenvalue weighted by Gasteiger charge is -2.07. The molecule has 0 aliphatic heterocycles. The first kappa shape index (κ1) is 15.2. The summed E-state index contributed by atoms with van der Waals surface area (Å²) in [5.74, 6) is 0.0636. The molecule has 21 heavy (non-hydrogen) atoms. The van der Waals surface area contributed by atoms with Gasteiger partial charge in [0.25, 0.3) is 0 Å². The first-order valence-corrected chi connectivity index (χ1v) is 7.52. The lowest BCUT2D eigenvalue weighted by atomic mass is 10.2. The van der Waals surface area contributed by atoms with Crippen LogP contribution in [-0.2, 0) is 11.2 Å². The largest absolute Gasteiger partial charge is 0.462 e. The van der Waals surface area contributed by atoms with Gasteiger partial charge < -0.3 is 15.8 Å². The topological polar surface area (TPSA) is 90.1 Å². The SMILES string of the molecule is CCOC(=O)c1cc(Nc2nc(CC)c(C)s2)ncc1N. The molecule has 7 heteroatoms. The number of nitrogen functional groups attached to an aromatic ring is 1. The standard InChI is InChI=1S/C14H18N4O2S/c1-4-11-8(3)21-14(17-11)18-12-6-9(10(15)7-16-12)13(19)20-5-2/h6-7H,4-5,15H2,1-3H3,(H,16,17,18). The van der Waals surface area contributed by atoms with Crippen LogP contribution < -0.4 is 11.1 Å². The molecular formula is C14H18N4O2S. The lowest BCUT2D eigenvalue weighted by Crippen LogP contribution is -2.09. The van der Waals surface area contributed by atoms with Crippen LogP contribution in [0, 0.1) is 6.92 Å². The number of hydrogen-bond donors (Lipinski definition) is 2. The van der Waals surface area contributed by atoms with Gasteiger partial charge in [-0.3, -0.25) is 0 Å². The number of thiazole rings is 1. The molecule has 2 aromatic rings. The normalized spacial score (nSPS) is 10.4. The van der Waals surface area contributed by atoms with Gasteiger partial charge in [0.15, 0.2) is 5.13 Å². The number of aromatic nitrogens is 2. The smallest absolute Gasteiger partial charge is 0.340 e. The summed E-state index contributed by atoms with van der Waals surface area (Å²) in [4.78, 5) is 21.6. The third-order valence-corrected chi connectivity index (χ3v) is 3.82. The van der Waals surface area contributed by atoms with Crippen LogP contribution in [0.1, 0.15) is 34.8 Å². The van der Waals surface area contributed by atoms with E-state index < -0.39 is 5.97 Å². The molecule has 0 fully saturated rings. The van der Waals surface area contributed by atoms with E-state index in [1.54, 1.807) is 24.3 Å². The summed E-state index contributed by atoms with van der Waals surface area (Å²) >= 11 is 1.55. The number of nitrogens with zero attached hydrogens (tertiary/aromatic N) is 2. The van der Waals surface area contributed by atoms with Crippen molar-refractivity contribution in [3.05, 3.63) is 28.4 Å². The highest BCUT2D eigenvalue weighted by atomic mass is 32.1. The molecule has 2 rings (SSSR count). The van der Waals surface area contributed by atoms with Gasteiger partial charge in [-0.2, -0.15) is 0 Å². The average Bonchev–Trinajstić information content (AvgIpc) is 2.81. The second kappa shape index (κ2) is 6.53. The van der Waals surface area contributed by atoms with Crippen LogP contribution in [0.25, 0.3) is 0 Å². The second-order valence-corrected chi connectivity index (χ2v) is 5.58. The molecule has 3 N–H and O–H groups in total. The van der Waals surface area contributed by atoms with Gasteiger partial charge in [0.1, 0.15) is 5.82 Å². The van der Waals surface area contributed by atoms with E-state index in [-0.39, 0.29) is 0 Å². The molecule has 0 unspecified atom stereocenters. The van der Waals surface area contributed by atoms with E-state index in [2.05, 4.69) is 22.2 Å². The summed E-state index contributed by atoms with van der Waals surface area (Å²) in [6.45, 7) is 6.14. The van der Waals surface area contributed by atoms with E-state index in [0.717, 1.165) is 17.2 Å². The van der Waals surface area contributed by atoms with E-state index in [4.69, 9.17) is 10.5 Å². The monoisotopic (exact) mass is 306 g/mol. The number of carbonyl (C=O) groups excluding carboxylic acids is 1. The van der Waals surface area contributed by atoms with Crippen molar-refractivity contribution in [2.75, 3.05) is 17.7 Å². The highest BCUT2D eigenvalue weighted by Gasteiger charge is 2.13. The average molecular weight is 306 g/mol. The number of pyridine rings is 1. The third kappa shape index (κ3) is 3.49.